The maximum absolute atomic E-state index is 11.9. The monoisotopic (exact) mass is 597 g/mol. The summed E-state index contributed by atoms with van der Waals surface area (Å²) in [7, 11) is 0. The number of unbranched alkanes of at least 4 members (excludes halogenated alkanes) is 23. The van der Waals surface area contributed by atoms with Crippen LogP contribution in [0.4, 0.5) is 0 Å². The molecule has 5 heteroatoms. The molecule has 0 bridgehead atoms. The van der Waals surface area contributed by atoms with Crippen molar-refractivity contribution in [2.75, 3.05) is 13.2 Å². The SMILES string of the molecule is CCCCCCCCCCCCCCCCCCCCCC(=O)OC[C@@H](O)COC(=O)CCCCCCCCC(C)C. The fourth-order valence-electron chi connectivity index (χ4n) is 5.45. The quantitative estimate of drug-likeness (QED) is 0.0602. The Balaban J connectivity index is 3.36. The van der Waals surface area contributed by atoms with E-state index in [-0.39, 0.29) is 25.2 Å². The highest BCUT2D eigenvalue weighted by Crippen LogP contribution is 2.15. The molecule has 0 aliphatic heterocycles. The predicted molar refractivity (Wildman–Crippen MR) is 178 cm³/mol. The minimum Gasteiger partial charge on any atom is -0.463 e. The van der Waals surface area contributed by atoms with Crippen LogP contribution in [0.5, 0.6) is 0 Å². The molecule has 0 heterocycles. The van der Waals surface area contributed by atoms with Gasteiger partial charge in [-0.3, -0.25) is 9.59 Å². The largest absolute Gasteiger partial charge is 0.463 e. The van der Waals surface area contributed by atoms with Gasteiger partial charge in [-0.25, -0.2) is 0 Å². The van der Waals surface area contributed by atoms with E-state index in [0.29, 0.717) is 12.8 Å². The summed E-state index contributed by atoms with van der Waals surface area (Å²) in [4.78, 5) is 23.8. The first-order valence-electron chi connectivity index (χ1n) is 18.4. The van der Waals surface area contributed by atoms with Crippen molar-refractivity contribution in [3.05, 3.63) is 0 Å². The van der Waals surface area contributed by atoms with Crippen molar-refractivity contribution in [1.29, 1.82) is 0 Å². The molecule has 1 N–H and O–H groups in total. The van der Waals surface area contributed by atoms with Gasteiger partial charge < -0.3 is 14.6 Å². The van der Waals surface area contributed by atoms with E-state index in [2.05, 4.69) is 20.8 Å². The first-order chi connectivity index (χ1) is 20.5. The molecule has 5 nitrogen and oxygen atoms in total. The Morgan fingerprint density at radius 2 is 0.762 bits per heavy atom. The maximum atomic E-state index is 11.9. The second-order valence-corrected chi connectivity index (χ2v) is 13.2. The molecular weight excluding hydrogens is 524 g/mol. The van der Waals surface area contributed by atoms with Crippen LogP contribution in [0.1, 0.15) is 201 Å². The molecular formula is C37H72O5. The zero-order chi connectivity index (χ0) is 30.9. The van der Waals surface area contributed by atoms with E-state index in [0.717, 1.165) is 38.0 Å². The molecule has 0 aliphatic carbocycles. The molecule has 0 unspecified atom stereocenters. The lowest BCUT2D eigenvalue weighted by molar-refractivity contribution is -0.152. The molecule has 0 aromatic rings. The highest BCUT2D eigenvalue weighted by molar-refractivity contribution is 5.69. The van der Waals surface area contributed by atoms with Gasteiger partial charge in [0.1, 0.15) is 19.3 Å². The van der Waals surface area contributed by atoms with Gasteiger partial charge in [-0.2, -0.15) is 0 Å². The van der Waals surface area contributed by atoms with E-state index in [9.17, 15) is 14.7 Å². The second kappa shape index (κ2) is 32.8. The molecule has 0 amide bonds. The minimum atomic E-state index is -0.955. The summed E-state index contributed by atoms with van der Waals surface area (Å²) < 4.78 is 10.3. The van der Waals surface area contributed by atoms with E-state index in [4.69, 9.17) is 9.47 Å². The molecule has 1 atom stereocenters. The first-order valence-corrected chi connectivity index (χ1v) is 18.4. The van der Waals surface area contributed by atoms with Crippen LogP contribution in [0.2, 0.25) is 0 Å². The highest BCUT2D eigenvalue weighted by Gasteiger charge is 2.12. The van der Waals surface area contributed by atoms with Gasteiger partial charge in [-0.15, -0.1) is 0 Å². The summed E-state index contributed by atoms with van der Waals surface area (Å²) in [5.41, 5.74) is 0. The fourth-order valence-corrected chi connectivity index (χ4v) is 5.45. The second-order valence-electron chi connectivity index (χ2n) is 13.2. The topological polar surface area (TPSA) is 72.8 Å². The number of hydrogen-bond acceptors (Lipinski definition) is 5. The van der Waals surface area contributed by atoms with Gasteiger partial charge in [0.15, 0.2) is 0 Å². The van der Waals surface area contributed by atoms with Crippen LogP contribution in [0.3, 0.4) is 0 Å². The summed E-state index contributed by atoms with van der Waals surface area (Å²) >= 11 is 0. The number of ether oxygens (including phenoxy) is 2. The lowest BCUT2D eigenvalue weighted by Gasteiger charge is -2.12. The third kappa shape index (κ3) is 33.4. The molecule has 0 aromatic heterocycles. The van der Waals surface area contributed by atoms with E-state index in [1.807, 2.05) is 0 Å². The summed E-state index contributed by atoms with van der Waals surface area (Å²) in [6.07, 6.45) is 33.2. The number of rotatable bonds is 33. The molecule has 0 fully saturated rings. The Morgan fingerprint density at radius 3 is 1.07 bits per heavy atom. The van der Waals surface area contributed by atoms with Crippen molar-refractivity contribution in [2.24, 2.45) is 5.92 Å². The Hall–Kier alpha value is -1.10. The van der Waals surface area contributed by atoms with Crippen molar-refractivity contribution < 1.29 is 24.2 Å². The van der Waals surface area contributed by atoms with Gasteiger partial charge >= 0.3 is 11.9 Å². The molecule has 0 radical (unpaired) electrons. The van der Waals surface area contributed by atoms with E-state index in [1.165, 1.54) is 135 Å². The Kier molecular flexibility index (Phi) is 31.9. The van der Waals surface area contributed by atoms with Crippen LogP contribution in [-0.2, 0) is 19.1 Å². The normalized spacial score (nSPS) is 12.1. The van der Waals surface area contributed by atoms with Crippen LogP contribution in [0.15, 0.2) is 0 Å². The molecule has 0 aliphatic rings. The van der Waals surface area contributed by atoms with Gasteiger partial charge in [-0.05, 0) is 18.8 Å². The van der Waals surface area contributed by atoms with Crippen LogP contribution < -0.4 is 0 Å². The Bertz CT molecular complexity index is 577. The predicted octanol–water partition coefficient (Wildman–Crippen LogP) is 11.0. The van der Waals surface area contributed by atoms with Crippen LogP contribution in [-0.4, -0.2) is 36.4 Å². The van der Waals surface area contributed by atoms with Crippen molar-refractivity contribution in [1.82, 2.24) is 0 Å². The average molecular weight is 597 g/mol. The van der Waals surface area contributed by atoms with Crippen LogP contribution in [0.25, 0.3) is 0 Å². The van der Waals surface area contributed by atoms with Gasteiger partial charge in [0.2, 0.25) is 0 Å². The number of aliphatic hydroxyl groups is 1. The van der Waals surface area contributed by atoms with E-state index < -0.39 is 6.10 Å². The number of esters is 2. The van der Waals surface area contributed by atoms with Gasteiger partial charge in [-0.1, -0.05) is 175 Å². The maximum Gasteiger partial charge on any atom is 0.305 e. The lowest BCUT2D eigenvalue weighted by atomic mass is 10.0. The lowest BCUT2D eigenvalue weighted by Crippen LogP contribution is -2.25. The summed E-state index contributed by atoms with van der Waals surface area (Å²) in [6, 6.07) is 0. The van der Waals surface area contributed by atoms with Gasteiger partial charge in [0.25, 0.3) is 0 Å². The first kappa shape index (κ1) is 40.9. The average Bonchev–Trinajstić information content (AvgIpc) is 2.97. The molecule has 0 aromatic carbocycles. The fraction of sp³-hybridized carbons (Fsp3) is 0.946. The van der Waals surface area contributed by atoms with E-state index in [1.54, 1.807) is 0 Å². The van der Waals surface area contributed by atoms with Crippen molar-refractivity contribution >= 4 is 11.9 Å². The van der Waals surface area contributed by atoms with Crippen LogP contribution in [0, 0.1) is 5.92 Å². The summed E-state index contributed by atoms with van der Waals surface area (Å²) in [5.74, 6) is 0.219. The van der Waals surface area contributed by atoms with Gasteiger partial charge in [0, 0.05) is 12.8 Å². The molecule has 250 valence electrons. The van der Waals surface area contributed by atoms with Crippen molar-refractivity contribution in [2.45, 2.75) is 207 Å². The van der Waals surface area contributed by atoms with Crippen molar-refractivity contribution in [3.8, 4) is 0 Å². The van der Waals surface area contributed by atoms with E-state index >= 15 is 0 Å². The standard InChI is InChI=1S/C37H72O5/c1-4-5-6-7-8-9-10-11-12-13-14-15-16-17-18-19-20-24-27-30-36(39)41-32-35(38)33-42-37(40)31-28-25-22-21-23-26-29-34(2)3/h34-35,38H,4-33H2,1-3H3/t35-/m1/s1. The summed E-state index contributed by atoms with van der Waals surface area (Å²) in [6.45, 7) is 6.58. The zero-order valence-electron chi connectivity index (χ0n) is 28.4. The third-order valence-corrected chi connectivity index (χ3v) is 8.27. The smallest absolute Gasteiger partial charge is 0.305 e. The zero-order valence-corrected chi connectivity index (χ0v) is 28.4. The third-order valence-electron chi connectivity index (χ3n) is 8.27. The number of aliphatic hydroxyl groups excluding tert-OH is 1. The molecule has 0 saturated heterocycles. The molecule has 0 spiro atoms. The Morgan fingerprint density at radius 1 is 0.476 bits per heavy atom. The van der Waals surface area contributed by atoms with Crippen molar-refractivity contribution in [3.63, 3.8) is 0 Å². The van der Waals surface area contributed by atoms with Crippen LogP contribution >= 0.6 is 0 Å². The van der Waals surface area contributed by atoms with Gasteiger partial charge in [0.05, 0.1) is 0 Å². The molecule has 0 rings (SSSR count). The minimum absolute atomic E-state index is 0.110. The summed E-state index contributed by atoms with van der Waals surface area (Å²) in [5, 5.41) is 9.96. The molecule has 0 saturated carbocycles. The Labute approximate surface area is 261 Å². The number of carbonyl (C=O) groups excluding carboxylic acids is 2. The number of hydrogen-bond donors (Lipinski definition) is 1. The number of carbonyl (C=O) groups is 2. The molecule has 42 heavy (non-hydrogen) atoms. The highest BCUT2D eigenvalue weighted by atomic mass is 16.6.